The predicted molar refractivity (Wildman–Crippen MR) is 150 cm³/mol. The number of H-pyrrole nitrogens is 1. The van der Waals surface area contributed by atoms with Crippen molar-refractivity contribution in [2.24, 2.45) is 0 Å². The Morgan fingerprint density at radius 3 is 2.72 bits per heavy atom. The Morgan fingerprint density at radius 2 is 1.92 bits per heavy atom. The van der Waals surface area contributed by atoms with Gasteiger partial charge in [0.2, 0.25) is 0 Å². The number of aryl methyl sites for hydroxylation is 1. The lowest BCUT2D eigenvalue weighted by Crippen LogP contribution is -2.35. The van der Waals surface area contributed by atoms with E-state index in [0.717, 1.165) is 53.5 Å². The first kappa shape index (κ1) is 25.5. The number of aromatic amines is 1. The number of nitrogens with zero attached hydrogens (tertiary/aromatic N) is 5. The van der Waals surface area contributed by atoms with Crippen molar-refractivity contribution in [3.8, 4) is 0 Å². The van der Waals surface area contributed by atoms with Crippen molar-refractivity contribution < 1.29 is 4.42 Å². The summed E-state index contributed by atoms with van der Waals surface area (Å²) in [7, 11) is 0. The molecule has 0 spiro atoms. The molecule has 8 nitrogen and oxygen atoms in total. The molecule has 1 fully saturated rings. The molecule has 1 unspecified atom stereocenters. The van der Waals surface area contributed by atoms with E-state index in [1.165, 1.54) is 6.42 Å². The highest BCUT2D eigenvalue weighted by Crippen LogP contribution is 2.35. The third kappa shape index (κ3) is 5.40. The smallest absolute Gasteiger partial charge is 0.253 e. The van der Waals surface area contributed by atoms with Crippen LogP contribution in [0.5, 0.6) is 0 Å². The zero-order chi connectivity index (χ0) is 26.8. The van der Waals surface area contributed by atoms with E-state index in [9.17, 15) is 4.79 Å². The van der Waals surface area contributed by atoms with Gasteiger partial charge in [-0.15, -0.1) is 5.10 Å². The molecule has 0 radical (unpaired) electrons. The molecule has 1 N–H and O–H groups in total. The van der Waals surface area contributed by atoms with Crippen molar-refractivity contribution in [2.45, 2.75) is 64.2 Å². The van der Waals surface area contributed by atoms with Gasteiger partial charge in [-0.05, 0) is 77.5 Å². The second-order valence-electron chi connectivity index (χ2n) is 10.4. The van der Waals surface area contributed by atoms with Crippen molar-refractivity contribution in [3.05, 3.63) is 111 Å². The number of furan rings is 1. The van der Waals surface area contributed by atoms with Crippen molar-refractivity contribution in [2.75, 3.05) is 0 Å². The van der Waals surface area contributed by atoms with Gasteiger partial charge in [-0.2, -0.15) is 0 Å². The highest BCUT2D eigenvalue weighted by Gasteiger charge is 2.33. The number of pyridine rings is 1. The Balaban J connectivity index is 1.54. The first-order chi connectivity index (χ1) is 19.1. The maximum atomic E-state index is 13.8. The van der Waals surface area contributed by atoms with Crippen LogP contribution in [-0.2, 0) is 13.1 Å². The number of rotatable bonds is 8. The Kier molecular flexibility index (Phi) is 7.30. The van der Waals surface area contributed by atoms with E-state index in [-0.39, 0.29) is 11.6 Å². The average Bonchev–Trinajstić information content (AvgIpc) is 3.64. The lowest BCUT2D eigenvalue weighted by Gasteiger charge is -2.32. The van der Waals surface area contributed by atoms with E-state index < -0.39 is 6.04 Å². The molecule has 0 amide bonds. The number of hydrogen-bond donors (Lipinski definition) is 1. The molecule has 1 aliphatic rings. The fraction of sp³-hybridized carbons (Fsp3) is 0.333. The fourth-order valence-electron chi connectivity index (χ4n) is 5.70. The van der Waals surface area contributed by atoms with Crippen LogP contribution in [0.2, 0.25) is 5.02 Å². The monoisotopic (exact) mass is 542 g/mol. The molecule has 6 rings (SSSR count). The molecule has 2 aromatic carbocycles. The SMILES string of the molecule is Cc1ccc2[nH]c(=O)c(C(c3nnnn3C3CCCCC3)N(Cc3ccco3)Cc3ccccc3Cl)cc2c1. The van der Waals surface area contributed by atoms with Crippen LogP contribution in [-0.4, -0.2) is 30.1 Å². The summed E-state index contributed by atoms with van der Waals surface area (Å²) in [5.74, 6) is 1.43. The molecule has 0 bridgehead atoms. The van der Waals surface area contributed by atoms with Gasteiger partial charge < -0.3 is 9.40 Å². The van der Waals surface area contributed by atoms with Crippen LogP contribution in [0, 0.1) is 6.92 Å². The Hall–Kier alpha value is -3.75. The van der Waals surface area contributed by atoms with Crippen molar-refractivity contribution in [1.82, 2.24) is 30.1 Å². The highest BCUT2D eigenvalue weighted by atomic mass is 35.5. The third-order valence-corrected chi connectivity index (χ3v) is 8.01. The molecular weight excluding hydrogens is 512 g/mol. The van der Waals surface area contributed by atoms with Crippen LogP contribution < -0.4 is 5.56 Å². The van der Waals surface area contributed by atoms with Crippen molar-refractivity contribution in [1.29, 1.82) is 0 Å². The zero-order valence-electron chi connectivity index (χ0n) is 21.9. The van der Waals surface area contributed by atoms with E-state index in [0.29, 0.717) is 29.5 Å². The van der Waals surface area contributed by atoms with E-state index in [2.05, 4.69) is 31.5 Å². The molecule has 200 valence electrons. The number of benzene rings is 2. The van der Waals surface area contributed by atoms with E-state index in [1.54, 1.807) is 6.26 Å². The van der Waals surface area contributed by atoms with Crippen LogP contribution in [0.1, 0.15) is 72.5 Å². The van der Waals surface area contributed by atoms with Gasteiger partial charge in [-0.25, -0.2) is 4.68 Å². The highest BCUT2D eigenvalue weighted by molar-refractivity contribution is 6.31. The summed E-state index contributed by atoms with van der Waals surface area (Å²) >= 11 is 6.64. The summed E-state index contributed by atoms with van der Waals surface area (Å²) < 4.78 is 7.73. The number of halogens is 1. The third-order valence-electron chi connectivity index (χ3n) is 7.64. The van der Waals surface area contributed by atoms with E-state index in [4.69, 9.17) is 16.0 Å². The van der Waals surface area contributed by atoms with Gasteiger partial charge in [0.15, 0.2) is 5.82 Å². The fourth-order valence-corrected chi connectivity index (χ4v) is 5.89. The second-order valence-corrected chi connectivity index (χ2v) is 10.8. The molecule has 0 saturated heterocycles. The molecular formula is C30H31ClN6O2. The van der Waals surface area contributed by atoms with Gasteiger partial charge in [-0.3, -0.25) is 9.69 Å². The maximum absolute atomic E-state index is 13.8. The molecule has 3 aromatic heterocycles. The number of tetrazole rings is 1. The van der Waals surface area contributed by atoms with Crippen LogP contribution in [0.15, 0.2) is 76.1 Å². The number of hydrogen-bond acceptors (Lipinski definition) is 6. The largest absolute Gasteiger partial charge is 0.468 e. The Morgan fingerprint density at radius 1 is 1.08 bits per heavy atom. The normalized spacial score (nSPS) is 15.3. The molecule has 5 aromatic rings. The predicted octanol–water partition coefficient (Wildman–Crippen LogP) is 6.37. The topological polar surface area (TPSA) is 92.8 Å². The number of fused-ring (bicyclic) bond motifs is 1. The minimum atomic E-state index is -0.544. The summed E-state index contributed by atoms with van der Waals surface area (Å²) in [6.07, 6.45) is 7.19. The molecule has 9 heteroatoms. The molecule has 1 atom stereocenters. The van der Waals surface area contributed by atoms with E-state index in [1.807, 2.05) is 66.2 Å². The summed E-state index contributed by atoms with van der Waals surface area (Å²) in [6.45, 7) is 2.95. The molecule has 1 aliphatic carbocycles. The Bertz CT molecular complexity index is 1620. The van der Waals surface area contributed by atoms with Gasteiger partial charge in [0.25, 0.3) is 5.56 Å². The van der Waals surface area contributed by atoms with Crippen molar-refractivity contribution >= 4 is 22.5 Å². The summed E-state index contributed by atoms with van der Waals surface area (Å²) in [4.78, 5) is 19.0. The van der Waals surface area contributed by atoms with Gasteiger partial charge >= 0.3 is 0 Å². The Labute approximate surface area is 231 Å². The zero-order valence-corrected chi connectivity index (χ0v) is 22.6. The summed E-state index contributed by atoms with van der Waals surface area (Å²) in [6, 6.07) is 19.2. The lowest BCUT2D eigenvalue weighted by molar-refractivity contribution is 0.173. The minimum absolute atomic E-state index is 0.168. The lowest BCUT2D eigenvalue weighted by atomic mass is 9.95. The van der Waals surface area contributed by atoms with Gasteiger partial charge in [0.1, 0.15) is 11.8 Å². The first-order valence-corrected chi connectivity index (χ1v) is 13.9. The van der Waals surface area contributed by atoms with Crippen LogP contribution in [0.4, 0.5) is 0 Å². The van der Waals surface area contributed by atoms with Crippen LogP contribution in [0.3, 0.4) is 0 Å². The minimum Gasteiger partial charge on any atom is -0.468 e. The van der Waals surface area contributed by atoms with Crippen molar-refractivity contribution in [3.63, 3.8) is 0 Å². The van der Waals surface area contributed by atoms with Crippen LogP contribution in [0.25, 0.3) is 10.9 Å². The molecule has 0 aliphatic heterocycles. The quantitative estimate of drug-likeness (QED) is 0.245. The van der Waals surface area contributed by atoms with Gasteiger partial charge in [0.05, 0.1) is 18.8 Å². The maximum Gasteiger partial charge on any atom is 0.253 e. The summed E-state index contributed by atoms with van der Waals surface area (Å²) in [5.41, 5.74) is 3.27. The number of aromatic nitrogens is 5. The van der Waals surface area contributed by atoms with Gasteiger partial charge in [-0.1, -0.05) is 60.7 Å². The average molecular weight is 543 g/mol. The molecule has 3 heterocycles. The molecule has 39 heavy (non-hydrogen) atoms. The molecule has 1 saturated carbocycles. The standard InChI is InChI=1S/C30H31ClN6O2/c1-20-13-14-27-22(16-20)17-25(30(38)32-27)28(29-33-34-35-37(29)23-9-3-2-4-10-23)36(19-24-11-7-15-39-24)18-21-8-5-6-12-26(21)31/h5-8,11-17,23,28H,2-4,9-10,18-19H2,1H3,(H,32,38). The van der Waals surface area contributed by atoms with E-state index >= 15 is 0 Å². The number of nitrogens with one attached hydrogen (secondary N) is 1. The first-order valence-electron chi connectivity index (χ1n) is 13.5. The van der Waals surface area contributed by atoms with Crippen LogP contribution >= 0.6 is 11.6 Å². The summed E-state index contributed by atoms with van der Waals surface area (Å²) in [5, 5.41) is 14.8. The second kappa shape index (κ2) is 11.2. The van der Waals surface area contributed by atoms with Gasteiger partial charge in [0, 0.05) is 22.6 Å².